The zero-order valence-electron chi connectivity index (χ0n) is 12.7. The summed E-state index contributed by atoms with van der Waals surface area (Å²) in [6.45, 7) is 1.64. The molecule has 0 aliphatic carbocycles. The van der Waals surface area contributed by atoms with Gasteiger partial charge in [0.05, 0.1) is 12.3 Å². The molecule has 0 fully saturated rings. The number of carbonyl (C=O) groups is 1. The van der Waals surface area contributed by atoms with E-state index < -0.39 is 23.0 Å². The maximum absolute atomic E-state index is 14.2. The van der Waals surface area contributed by atoms with E-state index in [0.717, 1.165) is 6.07 Å². The van der Waals surface area contributed by atoms with Crippen molar-refractivity contribution in [2.75, 3.05) is 6.61 Å². The maximum Gasteiger partial charge on any atom is 0.344 e. The van der Waals surface area contributed by atoms with Gasteiger partial charge in [0.2, 0.25) is 5.43 Å². The minimum absolute atomic E-state index is 0.00172. The molecule has 0 bridgehead atoms. The van der Waals surface area contributed by atoms with Gasteiger partial charge in [-0.05, 0) is 37.3 Å². The molecule has 2 aromatic carbocycles. The number of nitrogens with one attached hydrogen (secondary N) is 1. The Morgan fingerprint density at radius 2 is 1.92 bits per heavy atom. The van der Waals surface area contributed by atoms with Crippen molar-refractivity contribution in [2.24, 2.45) is 0 Å². The van der Waals surface area contributed by atoms with Crippen LogP contribution >= 0.6 is 0 Å². The third kappa shape index (κ3) is 2.67. The minimum Gasteiger partial charge on any atom is -0.462 e. The second-order valence-electron chi connectivity index (χ2n) is 5.09. The molecule has 3 rings (SSSR count). The Balaban J connectivity index is 2.41. The lowest BCUT2D eigenvalue weighted by molar-refractivity contribution is 0.0525. The van der Waals surface area contributed by atoms with Crippen molar-refractivity contribution in [3.8, 4) is 11.3 Å². The number of ether oxygens (including phenoxy) is 1. The van der Waals surface area contributed by atoms with E-state index in [2.05, 4.69) is 4.98 Å². The van der Waals surface area contributed by atoms with E-state index in [1.54, 1.807) is 13.0 Å². The summed E-state index contributed by atoms with van der Waals surface area (Å²) in [6, 6.07) is 9.31. The van der Waals surface area contributed by atoms with Crippen LogP contribution in [0.4, 0.5) is 8.78 Å². The summed E-state index contributed by atoms with van der Waals surface area (Å²) in [6.07, 6.45) is 0. The number of hydrogen-bond donors (Lipinski definition) is 1. The zero-order valence-corrected chi connectivity index (χ0v) is 12.7. The number of fused-ring (bicyclic) bond motifs is 1. The zero-order chi connectivity index (χ0) is 17.3. The normalized spacial score (nSPS) is 10.8. The average molecular weight is 329 g/mol. The van der Waals surface area contributed by atoms with Crippen molar-refractivity contribution in [2.45, 2.75) is 6.92 Å². The number of hydrogen-bond acceptors (Lipinski definition) is 3. The molecule has 0 radical (unpaired) electrons. The van der Waals surface area contributed by atoms with E-state index in [9.17, 15) is 18.4 Å². The Hall–Kier alpha value is -3.02. The third-order valence-corrected chi connectivity index (χ3v) is 3.59. The number of aromatic nitrogens is 1. The van der Waals surface area contributed by atoms with Crippen LogP contribution in [0.3, 0.4) is 0 Å². The molecule has 0 saturated heterocycles. The van der Waals surface area contributed by atoms with Crippen molar-refractivity contribution in [3.63, 3.8) is 0 Å². The summed E-state index contributed by atoms with van der Waals surface area (Å²) in [4.78, 5) is 27.8. The Morgan fingerprint density at radius 3 is 2.62 bits per heavy atom. The molecule has 1 heterocycles. The molecule has 0 unspecified atom stereocenters. The number of rotatable bonds is 3. The molecule has 0 spiro atoms. The Labute approximate surface area is 135 Å². The van der Waals surface area contributed by atoms with Gasteiger partial charge in [0.25, 0.3) is 0 Å². The maximum atomic E-state index is 14.2. The molecule has 1 aromatic heterocycles. The Bertz CT molecular complexity index is 995. The first-order valence-corrected chi connectivity index (χ1v) is 7.30. The van der Waals surface area contributed by atoms with Crippen LogP contribution in [0.15, 0.2) is 47.3 Å². The molecule has 4 nitrogen and oxygen atoms in total. The van der Waals surface area contributed by atoms with Crippen LogP contribution in [0, 0.1) is 11.6 Å². The van der Waals surface area contributed by atoms with Crippen molar-refractivity contribution in [1.82, 2.24) is 4.98 Å². The van der Waals surface area contributed by atoms with Gasteiger partial charge in [-0.15, -0.1) is 0 Å². The summed E-state index contributed by atoms with van der Waals surface area (Å²) in [5, 5.41) is -0.00172. The summed E-state index contributed by atoms with van der Waals surface area (Å²) in [7, 11) is 0. The largest absolute Gasteiger partial charge is 0.462 e. The standard InChI is InChI=1S/C18H13F2NO3/c1-2-24-18(23)15-16(11-5-3-4-6-13(11)20)21-14-8-7-10(19)9-12(14)17(15)22/h3-9H,2H2,1H3,(H,21,22). The fourth-order valence-electron chi connectivity index (χ4n) is 2.52. The fourth-order valence-corrected chi connectivity index (χ4v) is 2.52. The number of carbonyl (C=O) groups excluding carboxylic acids is 1. The van der Waals surface area contributed by atoms with Gasteiger partial charge in [-0.1, -0.05) is 12.1 Å². The van der Waals surface area contributed by atoms with Gasteiger partial charge in [-0.3, -0.25) is 4.79 Å². The lowest BCUT2D eigenvalue weighted by Crippen LogP contribution is -2.21. The van der Waals surface area contributed by atoms with Crippen LogP contribution in [-0.4, -0.2) is 17.6 Å². The van der Waals surface area contributed by atoms with Crippen molar-refractivity contribution < 1.29 is 18.3 Å². The molecular weight excluding hydrogens is 316 g/mol. The molecule has 0 saturated carbocycles. The molecule has 0 atom stereocenters. The molecule has 6 heteroatoms. The molecule has 24 heavy (non-hydrogen) atoms. The highest BCUT2D eigenvalue weighted by molar-refractivity contribution is 6.00. The highest BCUT2D eigenvalue weighted by Gasteiger charge is 2.23. The van der Waals surface area contributed by atoms with E-state index in [1.165, 1.54) is 30.3 Å². The number of aromatic amines is 1. The van der Waals surface area contributed by atoms with Crippen LogP contribution in [0.2, 0.25) is 0 Å². The van der Waals surface area contributed by atoms with Gasteiger partial charge in [0.15, 0.2) is 0 Å². The molecule has 0 aliphatic rings. The van der Waals surface area contributed by atoms with Crippen molar-refractivity contribution in [3.05, 3.63) is 69.9 Å². The molecule has 1 N–H and O–H groups in total. The van der Waals surface area contributed by atoms with E-state index in [0.29, 0.717) is 5.52 Å². The highest BCUT2D eigenvalue weighted by atomic mass is 19.1. The lowest BCUT2D eigenvalue weighted by Gasteiger charge is -2.11. The first-order valence-electron chi connectivity index (χ1n) is 7.30. The van der Waals surface area contributed by atoms with E-state index >= 15 is 0 Å². The lowest BCUT2D eigenvalue weighted by atomic mass is 10.0. The molecule has 122 valence electrons. The van der Waals surface area contributed by atoms with Crippen molar-refractivity contribution >= 4 is 16.9 Å². The summed E-state index contributed by atoms with van der Waals surface area (Å²) < 4.78 is 32.5. The quantitative estimate of drug-likeness (QED) is 0.746. The summed E-state index contributed by atoms with van der Waals surface area (Å²) in [5.41, 5.74) is -0.688. The predicted octanol–water partition coefficient (Wildman–Crippen LogP) is 3.65. The predicted molar refractivity (Wildman–Crippen MR) is 85.9 cm³/mol. The molecule has 0 amide bonds. The van der Waals surface area contributed by atoms with Crippen LogP contribution in [-0.2, 0) is 4.74 Å². The Morgan fingerprint density at radius 1 is 1.17 bits per heavy atom. The van der Waals surface area contributed by atoms with Crippen LogP contribution in [0.1, 0.15) is 17.3 Å². The topological polar surface area (TPSA) is 59.2 Å². The SMILES string of the molecule is CCOC(=O)c1c(-c2ccccc2F)[nH]c2ccc(F)cc2c1=O. The van der Waals surface area contributed by atoms with E-state index in [4.69, 9.17) is 4.74 Å². The second kappa shape index (κ2) is 6.23. The van der Waals surface area contributed by atoms with Gasteiger partial charge in [-0.25, -0.2) is 13.6 Å². The monoisotopic (exact) mass is 329 g/mol. The van der Waals surface area contributed by atoms with Crippen LogP contribution in [0.25, 0.3) is 22.2 Å². The first-order chi connectivity index (χ1) is 11.5. The van der Waals surface area contributed by atoms with Gasteiger partial charge in [0, 0.05) is 16.5 Å². The molecule has 0 aliphatic heterocycles. The van der Waals surface area contributed by atoms with Gasteiger partial charge >= 0.3 is 5.97 Å². The first kappa shape index (κ1) is 15.9. The van der Waals surface area contributed by atoms with Crippen LogP contribution < -0.4 is 5.43 Å². The summed E-state index contributed by atoms with van der Waals surface area (Å²) >= 11 is 0. The Kier molecular flexibility index (Phi) is 4.12. The average Bonchev–Trinajstić information content (AvgIpc) is 2.56. The number of halogens is 2. The highest BCUT2D eigenvalue weighted by Crippen LogP contribution is 2.25. The summed E-state index contributed by atoms with van der Waals surface area (Å²) in [5.74, 6) is -2.09. The van der Waals surface area contributed by atoms with Gasteiger partial charge < -0.3 is 9.72 Å². The fraction of sp³-hybridized carbons (Fsp3) is 0.111. The third-order valence-electron chi connectivity index (χ3n) is 3.59. The smallest absolute Gasteiger partial charge is 0.344 e. The van der Waals surface area contributed by atoms with Gasteiger partial charge in [0.1, 0.15) is 17.2 Å². The number of pyridine rings is 1. The minimum atomic E-state index is -0.886. The van der Waals surface area contributed by atoms with Crippen molar-refractivity contribution in [1.29, 1.82) is 0 Å². The molecular formula is C18H13F2NO3. The molecule has 3 aromatic rings. The van der Waals surface area contributed by atoms with Crippen LogP contribution in [0.5, 0.6) is 0 Å². The second-order valence-corrected chi connectivity index (χ2v) is 5.09. The number of benzene rings is 2. The number of H-pyrrole nitrogens is 1. The number of esters is 1. The van der Waals surface area contributed by atoms with E-state index in [-0.39, 0.29) is 28.8 Å². The van der Waals surface area contributed by atoms with E-state index in [1.807, 2.05) is 0 Å². The van der Waals surface area contributed by atoms with Gasteiger partial charge in [-0.2, -0.15) is 0 Å².